The van der Waals surface area contributed by atoms with Crippen LogP contribution in [-0.2, 0) is 9.59 Å². The second-order valence-electron chi connectivity index (χ2n) is 5.82. The summed E-state index contributed by atoms with van der Waals surface area (Å²) in [5, 5.41) is 3.47. The summed E-state index contributed by atoms with van der Waals surface area (Å²) in [4.78, 5) is 25.8. The van der Waals surface area contributed by atoms with Gasteiger partial charge in [-0.05, 0) is 43.5 Å². The van der Waals surface area contributed by atoms with Crippen molar-refractivity contribution in [2.45, 2.75) is 31.7 Å². The summed E-state index contributed by atoms with van der Waals surface area (Å²) in [7, 11) is 0. The topological polar surface area (TPSA) is 84.7 Å². The third kappa shape index (κ3) is 7.10. The zero-order chi connectivity index (χ0) is 17.4. The van der Waals surface area contributed by atoms with Crippen molar-refractivity contribution in [1.82, 2.24) is 10.2 Å². The van der Waals surface area contributed by atoms with E-state index in [9.17, 15) is 9.59 Å². The number of hydrogen-bond acceptors (Lipinski definition) is 4. The number of amides is 2. The van der Waals surface area contributed by atoms with Gasteiger partial charge in [-0.25, -0.2) is 0 Å². The van der Waals surface area contributed by atoms with Gasteiger partial charge in [-0.3, -0.25) is 9.59 Å². The van der Waals surface area contributed by atoms with Gasteiger partial charge in [-0.2, -0.15) is 0 Å². The molecule has 1 atom stereocenters. The number of ether oxygens (including phenoxy) is 1. The molecule has 25 heavy (non-hydrogen) atoms. The molecule has 140 valence electrons. The zero-order valence-corrected chi connectivity index (χ0v) is 15.7. The minimum absolute atomic E-state index is 0. The normalized spacial score (nSPS) is 16.7. The lowest BCUT2D eigenvalue weighted by molar-refractivity contribution is -0.137. The number of carbonyl (C=O) groups excluding carboxylic acids is 2. The Bertz CT molecular complexity index is 555. The summed E-state index contributed by atoms with van der Waals surface area (Å²) in [5.74, 6) is 0.466. The van der Waals surface area contributed by atoms with Gasteiger partial charge in [0.15, 0.2) is 6.61 Å². The Hall–Kier alpha value is -1.50. The van der Waals surface area contributed by atoms with Crippen molar-refractivity contribution >= 4 is 35.8 Å². The molecule has 1 unspecified atom stereocenters. The molecule has 1 aliphatic heterocycles. The fourth-order valence-corrected chi connectivity index (χ4v) is 2.88. The second kappa shape index (κ2) is 11.2. The van der Waals surface area contributed by atoms with E-state index in [4.69, 9.17) is 22.1 Å². The van der Waals surface area contributed by atoms with Crippen molar-refractivity contribution < 1.29 is 14.3 Å². The van der Waals surface area contributed by atoms with Crippen LogP contribution in [0.5, 0.6) is 5.75 Å². The van der Waals surface area contributed by atoms with E-state index in [0.29, 0.717) is 36.8 Å². The van der Waals surface area contributed by atoms with Crippen LogP contribution in [0.2, 0.25) is 5.02 Å². The summed E-state index contributed by atoms with van der Waals surface area (Å²) in [6.07, 6.45) is 3.22. The first-order valence-corrected chi connectivity index (χ1v) is 8.62. The van der Waals surface area contributed by atoms with E-state index in [1.165, 1.54) is 0 Å². The van der Waals surface area contributed by atoms with Gasteiger partial charge in [0, 0.05) is 37.1 Å². The second-order valence-corrected chi connectivity index (χ2v) is 6.26. The highest BCUT2D eigenvalue weighted by Crippen LogP contribution is 2.18. The molecule has 2 rings (SSSR count). The van der Waals surface area contributed by atoms with Crippen LogP contribution in [0.25, 0.3) is 0 Å². The standard InChI is InChI=1S/C17H24ClN3O3.ClH/c18-13-4-6-15(7-5-13)24-12-17(23)21-10-2-1-3-14(21)11-20-16(22)8-9-19;/h4-7,14H,1-3,8-12,19H2,(H,20,22);1H. The first kappa shape index (κ1) is 21.5. The molecule has 0 aromatic heterocycles. The molecule has 1 fully saturated rings. The van der Waals surface area contributed by atoms with Crippen molar-refractivity contribution in [3.63, 3.8) is 0 Å². The number of carbonyl (C=O) groups is 2. The van der Waals surface area contributed by atoms with E-state index < -0.39 is 0 Å². The Kier molecular flexibility index (Phi) is 9.63. The molecule has 0 saturated carbocycles. The number of nitrogens with two attached hydrogens (primary N) is 1. The third-order valence-corrected chi connectivity index (χ3v) is 4.28. The molecule has 1 heterocycles. The maximum Gasteiger partial charge on any atom is 0.260 e. The van der Waals surface area contributed by atoms with Gasteiger partial charge in [0.05, 0.1) is 0 Å². The maximum atomic E-state index is 12.5. The molecular weight excluding hydrogens is 365 g/mol. The lowest BCUT2D eigenvalue weighted by atomic mass is 10.0. The van der Waals surface area contributed by atoms with Crippen molar-refractivity contribution in [3.05, 3.63) is 29.3 Å². The molecule has 1 aromatic carbocycles. The highest BCUT2D eigenvalue weighted by atomic mass is 35.5. The SMILES string of the molecule is Cl.NCCC(=O)NCC1CCCCN1C(=O)COc1ccc(Cl)cc1. The predicted octanol–water partition coefficient (Wildman–Crippen LogP) is 1.99. The smallest absolute Gasteiger partial charge is 0.260 e. The maximum absolute atomic E-state index is 12.5. The minimum Gasteiger partial charge on any atom is -0.484 e. The molecule has 0 bridgehead atoms. The molecule has 2 amide bonds. The fourth-order valence-electron chi connectivity index (χ4n) is 2.75. The first-order chi connectivity index (χ1) is 11.6. The van der Waals surface area contributed by atoms with E-state index in [1.807, 2.05) is 4.90 Å². The van der Waals surface area contributed by atoms with Crippen molar-refractivity contribution in [1.29, 1.82) is 0 Å². The Morgan fingerprint density at radius 2 is 2.00 bits per heavy atom. The highest BCUT2D eigenvalue weighted by molar-refractivity contribution is 6.30. The number of rotatable bonds is 7. The van der Waals surface area contributed by atoms with Crippen molar-refractivity contribution in [2.24, 2.45) is 5.73 Å². The zero-order valence-electron chi connectivity index (χ0n) is 14.1. The fraction of sp³-hybridized carbons (Fsp3) is 0.529. The Balaban J connectivity index is 0.00000312. The van der Waals surface area contributed by atoms with Crippen LogP contribution in [0.1, 0.15) is 25.7 Å². The van der Waals surface area contributed by atoms with E-state index in [0.717, 1.165) is 19.3 Å². The van der Waals surface area contributed by atoms with E-state index in [-0.39, 0.29) is 36.9 Å². The largest absolute Gasteiger partial charge is 0.484 e. The van der Waals surface area contributed by atoms with Crippen LogP contribution in [0.4, 0.5) is 0 Å². The molecule has 3 N–H and O–H groups in total. The molecular formula is C17H25Cl2N3O3. The van der Waals surface area contributed by atoms with E-state index in [2.05, 4.69) is 5.32 Å². The number of benzene rings is 1. The van der Waals surface area contributed by atoms with Gasteiger partial charge < -0.3 is 20.7 Å². The number of piperidine rings is 1. The lowest BCUT2D eigenvalue weighted by Crippen LogP contribution is -2.50. The van der Waals surface area contributed by atoms with Gasteiger partial charge in [0.2, 0.25) is 5.91 Å². The monoisotopic (exact) mass is 389 g/mol. The molecule has 8 heteroatoms. The van der Waals surface area contributed by atoms with E-state index in [1.54, 1.807) is 24.3 Å². The Morgan fingerprint density at radius 1 is 1.28 bits per heavy atom. The predicted molar refractivity (Wildman–Crippen MR) is 100 cm³/mol. The summed E-state index contributed by atoms with van der Waals surface area (Å²) < 4.78 is 5.53. The summed E-state index contributed by atoms with van der Waals surface area (Å²) in [6.45, 7) is 1.47. The first-order valence-electron chi connectivity index (χ1n) is 8.24. The summed E-state index contributed by atoms with van der Waals surface area (Å²) in [5.41, 5.74) is 5.37. The average molecular weight is 390 g/mol. The van der Waals surface area contributed by atoms with Gasteiger partial charge in [-0.15, -0.1) is 12.4 Å². The average Bonchev–Trinajstić information content (AvgIpc) is 2.60. The van der Waals surface area contributed by atoms with Crippen LogP contribution in [0.3, 0.4) is 0 Å². The van der Waals surface area contributed by atoms with Gasteiger partial charge in [0.1, 0.15) is 5.75 Å². The number of nitrogens with one attached hydrogen (secondary N) is 1. The highest BCUT2D eigenvalue weighted by Gasteiger charge is 2.27. The van der Waals surface area contributed by atoms with Gasteiger partial charge in [-0.1, -0.05) is 11.6 Å². The van der Waals surface area contributed by atoms with Gasteiger partial charge in [0.25, 0.3) is 5.91 Å². The molecule has 1 aromatic rings. The number of nitrogens with zero attached hydrogens (tertiary/aromatic N) is 1. The minimum atomic E-state index is -0.0760. The summed E-state index contributed by atoms with van der Waals surface area (Å²) >= 11 is 5.82. The van der Waals surface area contributed by atoms with Crippen LogP contribution in [0.15, 0.2) is 24.3 Å². The van der Waals surface area contributed by atoms with Crippen molar-refractivity contribution in [3.8, 4) is 5.75 Å². The quantitative estimate of drug-likeness (QED) is 0.746. The van der Waals surface area contributed by atoms with Crippen LogP contribution < -0.4 is 15.8 Å². The Labute approximate surface area is 159 Å². The molecule has 0 aliphatic carbocycles. The van der Waals surface area contributed by atoms with Crippen LogP contribution in [-0.4, -0.2) is 49.0 Å². The third-order valence-electron chi connectivity index (χ3n) is 4.03. The van der Waals surface area contributed by atoms with Crippen molar-refractivity contribution in [2.75, 3.05) is 26.2 Å². The van der Waals surface area contributed by atoms with E-state index >= 15 is 0 Å². The van der Waals surface area contributed by atoms with Crippen LogP contribution in [0, 0.1) is 0 Å². The lowest BCUT2D eigenvalue weighted by Gasteiger charge is -2.35. The molecule has 1 saturated heterocycles. The molecule has 0 spiro atoms. The Morgan fingerprint density at radius 3 is 2.68 bits per heavy atom. The van der Waals surface area contributed by atoms with Gasteiger partial charge >= 0.3 is 0 Å². The molecule has 0 radical (unpaired) electrons. The number of likely N-dealkylation sites (tertiary alicyclic amines) is 1. The molecule has 6 nitrogen and oxygen atoms in total. The number of halogens is 2. The number of hydrogen-bond donors (Lipinski definition) is 2. The molecule has 1 aliphatic rings. The van der Waals surface area contributed by atoms with Crippen LogP contribution >= 0.6 is 24.0 Å². The summed E-state index contributed by atoms with van der Waals surface area (Å²) in [6, 6.07) is 6.92.